The molecule has 26 heavy (non-hydrogen) atoms. The van der Waals surface area contributed by atoms with E-state index in [2.05, 4.69) is 55.1 Å². The Labute approximate surface area is 178 Å². The Morgan fingerprint density at radius 1 is 1.00 bits per heavy atom. The minimum atomic E-state index is 0. The van der Waals surface area contributed by atoms with Crippen LogP contribution < -0.4 is 10.6 Å². The quantitative estimate of drug-likeness (QED) is 0.349. The summed E-state index contributed by atoms with van der Waals surface area (Å²) >= 11 is 0. The highest BCUT2D eigenvalue weighted by Gasteiger charge is 2.23. The summed E-state index contributed by atoms with van der Waals surface area (Å²) in [5.74, 6) is 1.72. The number of hydrogen-bond acceptors (Lipinski definition) is 3. The van der Waals surface area contributed by atoms with Gasteiger partial charge in [0.1, 0.15) is 0 Å². The van der Waals surface area contributed by atoms with Gasteiger partial charge in [-0.2, -0.15) is 0 Å². The average Bonchev–Trinajstić information content (AvgIpc) is 2.60. The first-order chi connectivity index (χ1) is 12.0. The molecule has 0 saturated carbocycles. The van der Waals surface area contributed by atoms with E-state index < -0.39 is 0 Å². The van der Waals surface area contributed by atoms with E-state index in [0.29, 0.717) is 24.0 Å². The fraction of sp³-hybridized carbons (Fsp3) is 0.950. The maximum absolute atomic E-state index is 4.93. The van der Waals surface area contributed by atoms with Crippen molar-refractivity contribution in [1.29, 1.82) is 0 Å². The number of nitrogens with zero attached hydrogens (tertiary/aromatic N) is 3. The summed E-state index contributed by atoms with van der Waals surface area (Å²) < 4.78 is 0. The predicted octanol–water partition coefficient (Wildman–Crippen LogP) is 3.15. The van der Waals surface area contributed by atoms with Crippen LogP contribution in [0.1, 0.15) is 60.3 Å². The molecule has 0 aliphatic carbocycles. The van der Waals surface area contributed by atoms with Gasteiger partial charge in [0.15, 0.2) is 5.96 Å². The third kappa shape index (κ3) is 7.89. The summed E-state index contributed by atoms with van der Waals surface area (Å²) in [6.07, 6.45) is 5.06. The Morgan fingerprint density at radius 3 is 2.23 bits per heavy atom. The van der Waals surface area contributed by atoms with Crippen molar-refractivity contribution in [2.24, 2.45) is 10.9 Å². The van der Waals surface area contributed by atoms with Gasteiger partial charge in [0.25, 0.3) is 0 Å². The number of halogens is 1. The van der Waals surface area contributed by atoms with E-state index in [1.807, 2.05) is 0 Å². The molecule has 0 aromatic heterocycles. The number of aliphatic imine (C=N–C) groups is 1. The van der Waals surface area contributed by atoms with Gasteiger partial charge in [0, 0.05) is 50.8 Å². The molecule has 2 aliphatic heterocycles. The van der Waals surface area contributed by atoms with Crippen LogP contribution in [0.4, 0.5) is 0 Å². The van der Waals surface area contributed by atoms with Crippen LogP contribution in [0.3, 0.4) is 0 Å². The molecule has 0 amide bonds. The predicted molar refractivity (Wildman–Crippen MR) is 124 cm³/mol. The summed E-state index contributed by atoms with van der Waals surface area (Å²) in [7, 11) is 0. The van der Waals surface area contributed by atoms with Crippen molar-refractivity contribution in [3.05, 3.63) is 0 Å². The molecule has 2 aliphatic rings. The molecular formula is C20H42IN5. The first-order valence-corrected chi connectivity index (χ1v) is 10.5. The molecule has 2 heterocycles. The molecule has 1 atom stereocenters. The smallest absolute Gasteiger partial charge is 0.191 e. The van der Waals surface area contributed by atoms with Gasteiger partial charge in [0.2, 0.25) is 0 Å². The number of likely N-dealkylation sites (tertiary alicyclic amines) is 2. The summed E-state index contributed by atoms with van der Waals surface area (Å²) in [4.78, 5) is 10.1. The van der Waals surface area contributed by atoms with E-state index in [4.69, 9.17) is 4.99 Å². The molecule has 2 N–H and O–H groups in total. The molecule has 2 rings (SSSR count). The molecule has 6 heteroatoms. The van der Waals surface area contributed by atoms with Crippen LogP contribution >= 0.6 is 24.0 Å². The lowest BCUT2D eigenvalue weighted by molar-refractivity contribution is 0.143. The van der Waals surface area contributed by atoms with Gasteiger partial charge in [-0.3, -0.25) is 4.99 Å². The topological polar surface area (TPSA) is 42.9 Å². The lowest BCUT2D eigenvalue weighted by atomic mass is 9.97. The number of nitrogens with one attached hydrogen (secondary N) is 2. The third-order valence-corrected chi connectivity index (χ3v) is 5.73. The zero-order valence-corrected chi connectivity index (χ0v) is 20.0. The van der Waals surface area contributed by atoms with Gasteiger partial charge >= 0.3 is 0 Å². The van der Waals surface area contributed by atoms with Gasteiger partial charge in [-0.1, -0.05) is 0 Å². The second-order valence-electron chi connectivity index (χ2n) is 8.36. The molecule has 0 bridgehead atoms. The first kappa shape index (κ1) is 24.0. The molecular weight excluding hydrogens is 437 g/mol. The Morgan fingerprint density at radius 2 is 1.65 bits per heavy atom. The molecule has 0 spiro atoms. The van der Waals surface area contributed by atoms with E-state index in [1.165, 1.54) is 51.9 Å². The molecule has 2 saturated heterocycles. The van der Waals surface area contributed by atoms with Gasteiger partial charge < -0.3 is 20.4 Å². The second-order valence-corrected chi connectivity index (χ2v) is 8.36. The van der Waals surface area contributed by atoms with Gasteiger partial charge in [-0.15, -0.1) is 24.0 Å². The highest BCUT2D eigenvalue weighted by molar-refractivity contribution is 14.0. The molecule has 5 nitrogen and oxygen atoms in total. The first-order valence-electron chi connectivity index (χ1n) is 10.5. The lowest BCUT2D eigenvalue weighted by Crippen LogP contribution is -2.50. The zero-order chi connectivity index (χ0) is 18.2. The summed E-state index contributed by atoms with van der Waals surface area (Å²) in [5, 5.41) is 7.14. The van der Waals surface area contributed by atoms with Crippen molar-refractivity contribution in [2.45, 2.75) is 78.4 Å². The molecule has 154 valence electrons. The summed E-state index contributed by atoms with van der Waals surface area (Å²) in [6, 6.07) is 1.88. The normalized spacial score (nSPS) is 24.0. The highest BCUT2D eigenvalue weighted by atomic mass is 127. The zero-order valence-electron chi connectivity index (χ0n) is 17.6. The van der Waals surface area contributed by atoms with Crippen LogP contribution in [0.15, 0.2) is 4.99 Å². The Bertz CT molecular complexity index is 405. The number of guanidine groups is 1. The lowest BCUT2D eigenvalue weighted by Gasteiger charge is -2.36. The molecule has 0 radical (unpaired) electrons. The van der Waals surface area contributed by atoms with Crippen LogP contribution in [-0.2, 0) is 0 Å². The standard InChI is InChI=1S/C20H41N5.HI/c1-6-21-20(23-19-9-12-24(13-10-19)16(2)3)22-14-18-8-7-11-25(15-18)17(4)5;/h16-19H,6-15H2,1-5H3,(H2,21,22,23);1H. The van der Waals surface area contributed by atoms with Gasteiger partial charge in [-0.05, 0) is 72.8 Å². The number of hydrogen-bond donors (Lipinski definition) is 2. The Balaban J connectivity index is 0.00000338. The molecule has 2 fully saturated rings. The van der Waals surface area contributed by atoms with E-state index >= 15 is 0 Å². The fourth-order valence-electron chi connectivity index (χ4n) is 4.01. The molecule has 1 unspecified atom stereocenters. The van der Waals surface area contributed by atoms with Crippen LogP contribution in [0, 0.1) is 5.92 Å². The second kappa shape index (κ2) is 12.4. The monoisotopic (exact) mass is 479 g/mol. The fourth-order valence-corrected chi connectivity index (χ4v) is 4.01. The van der Waals surface area contributed by atoms with Crippen molar-refractivity contribution < 1.29 is 0 Å². The van der Waals surface area contributed by atoms with E-state index in [0.717, 1.165) is 19.0 Å². The average molecular weight is 479 g/mol. The van der Waals surface area contributed by atoms with Crippen molar-refractivity contribution >= 4 is 29.9 Å². The van der Waals surface area contributed by atoms with Crippen LogP contribution in [0.2, 0.25) is 0 Å². The number of rotatable bonds is 6. The summed E-state index contributed by atoms with van der Waals surface area (Å²) in [5.41, 5.74) is 0. The van der Waals surface area contributed by atoms with Crippen molar-refractivity contribution in [2.75, 3.05) is 39.3 Å². The van der Waals surface area contributed by atoms with Crippen molar-refractivity contribution in [3.63, 3.8) is 0 Å². The van der Waals surface area contributed by atoms with Crippen LogP contribution in [0.25, 0.3) is 0 Å². The Hall–Kier alpha value is -0.0800. The minimum absolute atomic E-state index is 0. The SMILES string of the molecule is CCNC(=NCC1CCCN(C(C)C)C1)NC1CCN(C(C)C)CC1.I. The van der Waals surface area contributed by atoms with Gasteiger partial charge in [0.05, 0.1) is 0 Å². The Kier molecular flexibility index (Phi) is 11.4. The van der Waals surface area contributed by atoms with Crippen LogP contribution in [0.5, 0.6) is 0 Å². The maximum Gasteiger partial charge on any atom is 0.191 e. The van der Waals surface area contributed by atoms with Crippen LogP contribution in [-0.4, -0.2) is 73.2 Å². The highest BCUT2D eigenvalue weighted by Crippen LogP contribution is 2.18. The number of piperidine rings is 2. The molecule has 0 aromatic carbocycles. The van der Waals surface area contributed by atoms with Crippen molar-refractivity contribution in [3.8, 4) is 0 Å². The van der Waals surface area contributed by atoms with E-state index in [1.54, 1.807) is 0 Å². The van der Waals surface area contributed by atoms with Crippen molar-refractivity contribution in [1.82, 2.24) is 20.4 Å². The summed E-state index contributed by atoms with van der Waals surface area (Å²) in [6.45, 7) is 18.1. The minimum Gasteiger partial charge on any atom is -0.357 e. The van der Waals surface area contributed by atoms with E-state index in [-0.39, 0.29) is 24.0 Å². The molecule has 0 aromatic rings. The van der Waals surface area contributed by atoms with Gasteiger partial charge in [-0.25, -0.2) is 0 Å². The largest absolute Gasteiger partial charge is 0.357 e. The van der Waals surface area contributed by atoms with E-state index in [9.17, 15) is 0 Å². The maximum atomic E-state index is 4.93. The third-order valence-electron chi connectivity index (χ3n) is 5.73.